The minimum Gasteiger partial charge on any atom is -0.358 e. The van der Waals surface area contributed by atoms with Gasteiger partial charge in [-0.25, -0.2) is 4.39 Å². The average molecular weight is 335 g/mol. The van der Waals surface area contributed by atoms with Gasteiger partial charge in [0.1, 0.15) is 5.82 Å². The van der Waals surface area contributed by atoms with Crippen molar-refractivity contribution in [3.05, 3.63) is 55.4 Å². The molecule has 2 aromatic rings. The molecule has 0 aliphatic carbocycles. The molecule has 0 fully saturated rings. The molecule has 94 valence electrons. The molecule has 0 aliphatic heterocycles. The zero-order valence-corrected chi connectivity index (χ0v) is 11.2. The van der Waals surface area contributed by atoms with E-state index in [0.29, 0.717) is 10.0 Å². The third kappa shape index (κ3) is 2.85. The highest BCUT2D eigenvalue weighted by Crippen LogP contribution is 2.22. The molecule has 1 aromatic carbocycles. The first-order valence-electron chi connectivity index (χ1n) is 4.78. The second-order valence-electron chi connectivity index (χ2n) is 3.53. The van der Waals surface area contributed by atoms with E-state index in [4.69, 9.17) is 11.6 Å². The minimum absolute atomic E-state index is 0.0459. The lowest BCUT2D eigenvalue weighted by molar-refractivity contribution is -0.389. The van der Waals surface area contributed by atoms with Gasteiger partial charge in [-0.1, -0.05) is 27.5 Å². The van der Waals surface area contributed by atoms with Gasteiger partial charge in [0, 0.05) is 4.47 Å². The molecule has 5 nitrogen and oxygen atoms in total. The summed E-state index contributed by atoms with van der Waals surface area (Å²) in [5, 5.41) is 14.2. The van der Waals surface area contributed by atoms with E-state index in [9.17, 15) is 14.5 Å². The molecule has 8 heteroatoms. The highest BCUT2D eigenvalue weighted by molar-refractivity contribution is 9.10. The maximum Gasteiger partial charge on any atom is 0.408 e. The molecular formula is C10H6BrClFN3O2. The summed E-state index contributed by atoms with van der Waals surface area (Å²) in [6, 6.07) is 4.35. The Morgan fingerprint density at radius 3 is 2.78 bits per heavy atom. The van der Waals surface area contributed by atoms with Crippen LogP contribution in [-0.2, 0) is 6.54 Å². The Morgan fingerprint density at radius 1 is 1.50 bits per heavy atom. The van der Waals surface area contributed by atoms with Crippen molar-refractivity contribution in [2.24, 2.45) is 0 Å². The monoisotopic (exact) mass is 333 g/mol. The average Bonchev–Trinajstić information content (AvgIpc) is 2.57. The molecule has 1 heterocycles. The fourth-order valence-corrected chi connectivity index (χ4v) is 2.21. The van der Waals surface area contributed by atoms with Crippen molar-refractivity contribution in [1.82, 2.24) is 9.78 Å². The van der Waals surface area contributed by atoms with Crippen LogP contribution in [0.1, 0.15) is 5.56 Å². The zero-order valence-electron chi connectivity index (χ0n) is 8.81. The highest BCUT2D eigenvalue weighted by atomic mass is 79.9. The lowest BCUT2D eigenvalue weighted by Gasteiger charge is -2.00. The number of halogens is 3. The molecule has 18 heavy (non-hydrogen) atoms. The molecule has 0 saturated heterocycles. The van der Waals surface area contributed by atoms with Crippen LogP contribution in [0.5, 0.6) is 0 Å². The van der Waals surface area contributed by atoms with Crippen molar-refractivity contribution in [2.75, 3.05) is 0 Å². The number of hydrogen-bond acceptors (Lipinski definition) is 3. The SMILES string of the molecule is O=[N+]([O-])c1nn(Cc2cc(F)cc(Br)c2)cc1Cl. The largest absolute Gasteiger partial charge is 0.408 e. The van der Waals surface area contributed by atoms with E-state index < -0.39 is 16.6 Å². The summed E-state index contributed by atoms with van der Waals surface area (Å²) in [7, 11) is 0. The van der Waals surface area contributed by atoms with Gasteiger partial charge in [-0.3, -0.25) is 0 Å². The minimum atomic E-state index is -0.666. The predicted molar refractivity (Wildman–Crippen MR) is 67.1 cm³/mol. The molecule has 0 spiro atoms. The Balaban J connectivity index is 2.28. The van der Waals surface area contributed by atoms with Crippen LogP contribution in [0.4, 0.5) is 10.2 Å². The van der Waals surface area contributed by atoms with Gasteiger partial charge in [0.2, 0.25) is 0 Å². The highest BCUT2D eigenvalue weighted by Gasteiger charge is 2.19. The van der Waals surface area contributed by atoms with Gasteiger partial charge in [0.25, 0.3) is 0 Å². The van der Waals surface area contributed by atoms with Crippen molar-refractivity contribution in [3.63, 3.8) is 0 Å². The smallest absolute Gasteiger partial charge is 0.358 e. The van der Waals surface area contributed by atoms with Crippen LogP contribution in [0.15, 0.2) is 28.9 Å². The van der Waals surface area contributed by atoms with E-state index in [0.717, 1.165) is 0 Å². The number of nitro groups is 1. The molecule has 0 bridgehead atoms. The fourth-order valence-electron chi connectivity index (χ4n) is 1.48. The molecule has 0 radical (unpaired) electrons. The van der Waals surface area contributed by atoms with Crippen molar-refractivity contribution in [1.29, 1.82) is 0 Å². The van der Waals surface area contributed by atoms with E-state index >= 15 is 0 Å². The number of hydrogen-bond donors (Lipinski definition) is 0. The van der Waals surface area contributed by atoms with Crippen molar-refractivity contribution in [3.8, 4) is 0 Å². The lowest BCUT2D eigenvalue weighted by atomic mass is 10.2. The summed E-state index contributed by atoms with van der Waals surface area (Å²) in [6.07, 6.45) is 1.33. The summed E-state index contributed by atoms with van der Waals surface area (Å²) in [5.41, 5.74) is 0.621. The number of aromatic nitrogens is 2. The van der Waals surface area contributed by atoms with Gasteiger partial charge < -0.3 is 10.1 Å². The Hall–Kier alpha value is -1.47. The van der Waals surface area contributed by atoms with Gasteiger partial charge >= 0.3 is 5.82 Å². The normalized spacial score (nSPS) is 10.6. The summed E-state index contributed by atoms with van der Waals surface area (Å²) in [4.78, 5) is 9.91. The summed E-state index contributed by atoms with van der Waals surface area (Å²) < 4.78 is 15.0. The maximum atomic E-state index is 13.1. The first-order valence-corrected chi connectivity index (χ1v) is 5.95. The van der Waals surface area contributed by atoms with Crippen molar-refractivity contribution >= 4 is 33.3 Å². The molecule has 0 N–H and O–H groups in total. The van der Waals surface area contributed by atoms with Gasteiger partial charge in [-0.15, -0.1) is 0 Å². The molecule has 0 amide bonds. The Morgan fingerprint density at radius 2 is 2.22 bits per heavy atom. The summed E-state index contributed by atoms with van der Waals surface area (Å²) in [6.45, 7) is 0.198. The number of rotatable bonds is 3. The molecule has 0 aliphatic rings. The Kier molecular flexibility index (Phi) is 3.63. The fraction of sp³-hybridized carbons (Fsp3) is 0.100. The van der Waals surface area contributed by atoms with Crippen molar-refractivity contribution < 1.29 is 9.31 Å². The molecule has 0 saturated carbocycles. The van der Waals surface area contributed by atoms with Crippen molar-refractivity contribution in [2.45, 2.75) is 6.54 Å². The van der Waals surface area contributed by atoms with Crippen LogP contribution in [-0.4, -0.2) is 14.7 Å². The van der Waals surface area contributed by atoms with Gasteiger partial charge in [-0.05, 0) is 28.7 Å². The van der Waals surface area contributed by atoms with Crippen LogP contribution in [0, 0.1) is 15.9 Å². The molecule has 1 aromatic heterocycles. The molecule has 2 rings (SSSR count). The van der Waals surface area contributed by atoms with Crippen LogP contribution in [0.3, 0.4) is 0 Å². The summed E-state index contributed by atoms with van der Waals surface area (Å²) in [5.74, 6) is -0.806. The van der Waals surface area contributed by atoms with Crippen LogP contribution < -0.4 is 0 Å². The van der Waals surface area contributed by atoms with Gasteiger partial charge in [-0.2, -0.15) is 4.68 Å². The van der Waals surface area contributed by atoms with E-state index in [1.807, 2.05) is 0 Å². The standard InChI is InChI=1S/C10H6BrClFN3O2/c11-7-1-6(2-8(13)3-7)4-15-5-9(12)10(14-15)16(17)18/h1-3,5H,4H2. The van der Waals surface area contributed by atoms with Crippen LogP contribution >= 0.6 is 27.5 Å². The number of nitrogens with zero attached hydrogens (tertiary/aromatic N) is 3. The first kappa shape index (κ1) is 13.0. The van der Waals surface area contributed by atoms with E-state index in [1.54, 1.807) is 6.07 Å². The third-order valence-corrected chi connectivity index (χ3v) is 2.86. The molecular weight excluding hydrogens is 328 g/mol. The van der Waals surface area contributed by atoms with Crippen LogP contribution in [0.25, 0.3) is 0 Å². The lowest BCUT2D eigenvalue weighted by Crippen LogP contribution is -2.01. The Labute approximate surface area is 114 Å². The first-order chi connectivity index (χ1) is 8.45. The number of benzene rings is 1. The second-order valence-corrected chi connectivity index (χ2v) is 4.86. The third-order valence-electron chi connectivity index (χ3n) is 2.14. The van der Waals surface area contributed by atoms with E-state index in [2.05, 4.69) is 21.0 Å². The quantitative estimate of drug-likeness (QED) is 0.638. The zero-order chi connectivity index (χ0) is 13.3. The molecule has 0 unspecified atom stereocenters. The van der Waals surface area contributed by atoms with Gasteiger partial charge in [0.05, 0.1) is 17.8 Å². The second kappa shape index (κ2) is 5.03. The predicted octanol–water partition coefficient (Wildman–Crippen LogP) is 3.39. The van der Waals surface area contributed by atoms with Gasteiger partial charge in [0.15, 0.2) is 5.02 Å². The van der Waals surface area contributed by atoms with Crippen LogP contribution in [0.2, 0.25) is 5.02 Å². The van der Waals surface area contributed by atoms with E-state index in [-0.39, 0.29) is 11.6 Å². The summed E-state index contributed by atoms with van der Waals surface area (Å²) >= 11 is 8.83. The molecule has 0 atom stereocenters. The topological polar surface area (TPSA) is 61.0 Å². The maximum absolute atomic E-state index is 13.1. The Bertz CT molecular complexity index is 597. The van der Waals surface area contributed by atoms with E-state index in [1.165, 1.54) is 23.0 Å².